The Balaban J connectivity index is 2.45. The highest BCUT2D eigenvalue weighted by Gasteiger charge is 2.28. The molecule has 7 heteroatoms. The second kappa shape index (κ2) is 5.70. The number of hydrogen-bond acceptors (Lipinski definition) is 1. The number of hydrogen-bond donors (Lipinski definition) is 0. The second-order valence-corrected chi connectivity index (χ2v) is 5.26. The molecule has 0 amide bonds. The van der Waals surface area contributed by atoms with Gasteiger partial charge in [0.25, 0.3) is 0 Å². The van der Waals surface area contributed by atoms with Crippen LogP contribution in [0.25, 0.3) is 0 Å². The van der Waals surface area contributed by atoms with Crippen molar-refractivity contribution in [2.45, 2.75) is 10.6 Å². The van der Waals surface area contributed by atoms with Crippen LogP contribution in [0.15, 0.2) is 35.2 Å². The smallest absolute Gasteiger partial charge is 0.200 e. The molecule has 0 aliphatic heterocycles. The fourth-order valence-electron chi connectivity index (χ4n) is 1.58. The molecule has 0 heterocycles. The van der Waals surface area contributed by atoms with Crippen molar-refractivity contribution in [2.24, 2.45) is 0 Å². The Labute approximate surface area is 113 Å². The van der Waals surface area contributed by atoms with Crippen LogP contribution >= 0.6 is 0 Å². The average Bonchev–Trinajstić information content (AvgIpc) is 2.44. The summed E-state index contributed by atoms with van der Waals surface area (Å²) in [7, 11) is -2.38. The Morgan fingerprint density at radius 1 is 0.750 bits per heavy atom. The molecule has 0 spiro atoms. The zero-order valence-electron chi connectivity index (χ0n) is 9.80. The summed E-state index contributed by atoms with van der Waals surface area (Å²) in [6.45, 7) is 0. The van der Waals surface area contributed by atoms with Gasteiger partial charge in [-0.25, -0.2) is 22.0 Å². The topological polar surface area (TPSA) is 17.1 Å². The molecule has 0 aliphatic carbocycles. The van der Waals surface area contributed by atoms with Crippen LogP contribution in [0.4, 0.5) is 22.0 Å². The van der Waals surface area contributed by atoms with E-state index in [4.69, 9.17) is 0 Å². The summed E-state index contributed by atoms with van der Waals surface area (Å²) >= 11 is 0. The summed E-state index contributed by atoms with van der Waals surface area (Å²) in [6, 6.07) is 7.94. The molecule has 0 aliphatic rings. The Hall–Kier alpha value is -1.76. The Bertz CT molecular complexity index is 643. The molecular weight excluding hydrogens is 299 g/mol. The third kappa shape index (κ3) is 2.58. The highest BCUT2D eigenvalue weighted by atomic mass is 32.2. The first-order valence-electron chi connectivity index (χ1n) is 5.37. The second-order valence-electron chi connectivity index (χ2n) is 3.87. The van der Waals surface area contributed by atoms with E-state index < -0.39 is 44.8 Å². The van der Waals surface area contributed by atoms with E-state index in [-0.39, 0.29) is 5.75 Å². The largest absolute Gasteiger partial charge is 0.254 e. The lowest BCUT2D eigenvalue weighted by molar-refractivity contribution is 0.359. The van der Waals surface area contributed by atoms with Gasteiger partial charge in [-0.3, -0.25) is 4.21 Å². The molecule has 0 fully saturated rings. The first-order chi connectivity index (χ1) is 9.43. The highest BCUT2D eigenvalue weighted by Crippen LogP contribution is 2.26. The van der Waals surface area contributed by atoms with Gasteiger partial charge in [-0.15, -0.1) is 0 Å². The van der Waals surface area contributed by atoms with Gasteiger partial charge >= 0.3 is 0 Å². The van der Waals surface area contributed by atoms with Gasteiger partial charge in [0.05, 0.1) is 16.6 Å². The van der Waals surface area contributed by atoms with E-state index in [1.165, 1.54) is 12.1 Å². The van der Waals surface area contributed by atoms with Crippen LogP contribution in [0.3, 0.4) is 0 Å². The minimum absolute atomic E-state index is 0.348. The van der Waals surface area contributed by atoms with Gasteiger partial charge in [0, 0.05) is 0 Å². The van der Waals surface area contributed by atoms with Crippen LogP contribution in [0.1, 0.15) is 5.56 Å². The van der Waals surface area contributed by atoms with Gasteiger partial charge in [0.2, 0.25) is 5.82 Å². The predicted molar refractivity (Wildman–Crippen MR) is 62.8 cm³/mol. The zero-order chi connectivity index (χ0) is 14.9. The van der Waals surface area contributed by atoms with E-state index in [1.54, 1.807) is 18.2 Å². The molecule has 0 aromatic heterocycles. The molecular formula is C13H7F5OS. The molecule has 106 valence electrons. The minimum atomic E-state index is -2.38. The highest BCUT2D eigenvalue weighted by molar-refractivity contribution is 7.84. The normalized spacial score (nSPS) is 12.4. The van der Waals surface area contributed by atoms with Gasteiger partial charge in [0.15, 0.2) is 23.3 Å². The average molecular weight is 306 g/mol. The molecule has 1 nitrogen and oxygen atoms in total. The maximum Gasteiger partial charge on any atom is 0.200 e. The number of rotatable bonds is 3. The Morgan fingerprint density at radius 2 is 1.20 bits per heavy atom. The first-order valence-corrected chi connectivity index (χ1v) is 6.69. The Kier molecular flexibility index (Phi) is 4.17. The van der Waals surface area contributed by atoms with Crippen LogP contribution in [-0.2, 0) is 16.6 Å². The van der Waals surface area contributed by atoms with E-state index in [0.717, 1.165) is 0 Å². The van der Waals surface area contributed by atoms with E-state index in [9.17, 15) is 26.2 Å². The maximum atomic E-state index is 13.4. The third-order valence-electron chi connectivity index (χ3n) is 2.54. The monoisotopic (exact) mass is 306 g/mol. The summed E-state index contributed by atoms with van der Waals surface area (Å²) in [5.41, 5.74) is 0.453. The van der Waals surface area contributed by atoms with Crippen LogP contribution in [0.5, 0.6) is 0 Å². The van der Waals surface area contributed by atoms with Crippen molar-refractivity contribution >= 4 is 10.8 Å². The predicted octanol–water partition coefficient (Wildman–Crippen LogP) is 3.69. The molecule has 1 atom stereocenters. The Morgan fingerprint density at radius 3 is 1.70 bits per heavy atom. The van der Waals surface area contributed by atoms with Crippen LogP contribution in [-0.4, -0.2) is 4.21 Å². The molecule has 20 heavy (non-hydrogen) atoms. The number of halogens is 5. The number of benzene rings is 2. The maximum absolute atomic E-state index is 13.4. The molecule has 2 aromatic carbocycles. The summed E-state index contributed by atoms with van der Waals surface area (Å²) in [5, 5.41) is 0. The zero-order valence-corrected chi connectivity index (χ0v) is 10.6. The fraction of sp³-hybridized carbons (Fsp3) is 0.0769. The lowest BCUT2D eigenvalue weighted by Gasteiger charge is -2.08. The summed E-state index contributed by atoms with van der Waals surface area (Å²) in [5.74, 6) is -10.9. The molecule has 0 saturated heterocycles. The molecule has 0 saturated carbocycles. The quantitative estimate of drug-likeness (QED) is 0.480. The van der Waals surface area contributed by atoms with Gasteiger partial charge in [-0.2, -0.15) is 0 Å². The van der Waals surface area contributed by atoms with Gasteiger partial charge in [-0.05, 0) is 5.56 Å². The van der Waals surface area contributed by atoms with E-state index in [2.05, 4.69) is 0 Å². The van der Waals surface area contributed by atoms with Gasteiger partial charge in [-0.1, -0.05) is 30.3 Å². The summed E-state index contributed by atoms with van der Waals surface area (Å²) in [6.07, 6.45) is 0. The fourth-order valence-corrected chi connectivity index (χ4v) is 2.80. The van der Waals surface area contributed by atoms with Crippen molar-refractivity contribution in [3.63, 3.8) is 0 Å². The molecule has 0 bridgehead atoms. The minimum Gasteiger partial charge on any atom is -0.254 e. The van der Waals surface area contributed by atoms with Crippen molar-refractivity contribution in [1.82, 2.24) is 0 Å². The SMILES string of the molecule is O=S(Cc1ccccc1)c1c(F)c(F)c(F)c(F)c1F. The van der Waals surface area contributed by atoms with Crippen LogP contribution < -0.4 is 0 Å². The van der Waals surface area contributed by atoms with E-state index in [0.29, 0.717) is 5.56 Å². The van der Waals surface area contributed by atoms with Crippen LogP contribution in [0, 0.1) is 29.1 Å². The van der Waals surface area contributed by atoms with E-state index in [1.807, 2.05) is 0 Å². The van der Waals surface area contributed by atoms with Crippen molar-refractivity contribution in [2.75, 3.05) is 0 Å². The third-order valence-corrected chi connectivity index (χ3v) is 3.95. The van der Waals surface area contributed by atoms with Crippen LogP contribution in [0.2, 0.25) is 0 Å². The standard InChI is InChI=1S/C13H7F5OS/c14-8-9(15)11(17)13(12(18)10(8)16)20(19)6-7-4-2-1-3-5-7/h1-5H,6H2. The summed E-state index contributed by atoms with van der Waals surface area (Å²) < 4.78 is 77.6. The van der Waals surface area contributed by atoms with Crippen molar-refractivity contribution in [3.05, 3.63) is 65.0 Å². The molecule has 0 N–H and O–H groups in total. The molecule has 1 unspecified atom stereocenters. The molecule has 2 rings (SSSR count). The molecule has 0 radical (unpaired) electrons. The lowest BCUT2D eigenvalue weighted by Crippen LogP contribution is -2.10. The first kappa shape index (κ1) is 14.6. The van der Waals surface area contributed by atoms with Gasteiger partial charge in [0.1, 0.15) is 4.90 Å². The molecule has 2 aromatic rings. The summed E-state index contributed by atoms with van der Waals surface area (Å²) in [4.78, 5) is -1.30. The lowest BCUT2D eigenvalue weighted by atomic mass is 10.2. The van der Waals surface area contributed by atoms with E-state index >= 15 is 0 Å². The van der Waals surface area contributed by atoms with Crippen molar-refractivity contribution in [1.29, 1.82) is 0 Å². The van der Waals surface area contributed by atoms with Crippen molar-refractivity contribution < 1.29 is 26.2 Å². The van der Waals surface area contributed by atoms with Gasteiger partial charge < -0.3 is 0 Å². The van der Waals surface area contributed by atoms with Crippen molar-refractivity contribution in [3.8, 4) is 0 Å².